The molecule has 0 saturated heterocycles. The molecule has 0 bridgehead atoms. The van der Waals surface area contributed by atoms with Crippen molar-refractivity contribution in [3.8, 4) is 0 Å². The molecule has 2 nitrogen and oxygen atoms in total. The summed E-state index contributed by atoms with van der Waals surface area (Å²) in [7, 11) is 0. The molecular weight excluding hydrogens is 366 g/mol. The van der Waals surface area contributed by atoms with Gasteiger partial charge in [0.15, 0.2) is 0 Å². The molecule has 0 spiro atoms. The second-order valence-corrected chi connectivity index (χ2v) is 10.6. The van der Waals surface area contributed by atoms with Gasteiger partial charge in [-0.1, -0.05) is 63.1 Å². The van der Waals surface area contributed by atoms with Gasteiger partial charge in [0.1, 0.15) is 0 Å². The second kappa shape index (κ2) is 11.0. The molecule has 2 aliphatic rings. The normalized spacial score (nSPS) is 33.5. The summed E-state index contributed by atoms with van der Waals surface area (Å²) in [5, 5.41) is 14.1. The number of benzene rings is 1. The van der Waals surface area contributed by atoms with Crippen molar-refractivity contribution >= 4 is 0 Å². The van der Waals surface area contributed by atoms with Crippen molar-refractivity contribution in [2.75, 3.05) is 13.2 Å². The van der Waals surface area contributed by atoms with Gasteiger partial charge in [-0.25, -0.2) is 0 Å². The minimum absolute atomic E-state index is 0.266. The number of aliphatic hydroxyl groups is 1. The molecule has 0 amide bonds. The van der Waals surface area contributed by atoms with E-state index < -0.39 is 0 Å². The number of hydrogen-bond donors (Lipinski definition) is 2. The third kappa shape index (κ3) is 5.56. The molecule has 2 heteroatoms. The molecule has 1 aromatic carbocycles. The zero-order valence-electron chi connectivity index (χ0n) is 19.8. The second-order valence-electron chi connectivity index (χ2n) is 10.6. The van der Waals surface area contributed by atoms with Gasteiger partial charge < -0.3 is 10.4 Å². The first kappa shape index (κ1) is 23.5. The van der Waals surface area contributed by atoms with Gasteiger partial charge >= 0.3 is 0 Å². The standard InChI is InChI=1S/C28H45NO/c1-21-10-9-14-27(28(4)17-8-7-13-25(28)20-30)26(23(3)16-15-21)19-29-18-24-12-6-5-11-22(24)2/h5-6,11-12,23,25-27,29-30H,1,7-10,13-20H2,2-4H3. The summed E-state index contributed by atoms with van der Waals surface area (Å²) in [4.78, 5) is 0. The molecule has 5 atom stereocenters. The highest BCUT2D eigenvalue weighted by molar-refractivity contribution is 5.25. The van der Waals surface area contributed by atoms with E-state index in [9.17, 15) is 5.11 Å². The zero-order valence-corrected chi connectivity index (χ0v) is 19.8. The van der Waals surface area contributed by atoms with Crippen LogP contribution in [0.4, 0.5) is 0 Å². The number of allylic oxidation sites excluding steroid dienone is 1. The highest BCUT2D eigenvalue weighted by Crippen LogP contribution is 2.52. The number of hydrogen-bond acceptors (Lipinski definition) is 2. The number of nitrogens with one attached hydrogen (secondary N) is 1. The van der Waals surface area contributed by atoms with Crippen molar-refractivity contribution in [1.82, 2.24) is 5.32 Å². The Hall–Kier alpha value is -1.12. The molecule has 2 N–H and O–H groups in total. The molecule has 2 fully saturated rings. The molecule has 0 aliphatic heterocycles. The maximum atomic E-state index is 10.3. The summed E-state index contributed by atoms with van der Waals surface area (Å²) in [6, 6.07) is 8.74. The van der Waals surface area contributed by atoms with Gasteiger partial charge in [0.05, 0.1) is 0 Å². The van der Waals surface area contributed by atoms with E-state index in [1.54, 1.807) is 0 Å². The van der Waals surface area contributed by atoms with E-state index in [2.05, 4.69) is 56.9 Å². The maximum Gasteiger partial charge on any atom is 0.0464 e. The first-order chi connectivity index (χ1) is 14.5. The van der Waals surface area contributed by atoms with Crippen LogP contribution in [0.3, 0.4) is 0 Å². The molecule has 3 rings (SSSR count). The SMILES string of the molecule is C=C1CCCC(C2(C)CCCCC2CO)C(CNCc2ccccc2C)C(C)CC1. The van der Waals surface area contributed by atoms with Crippen LogP contribution < -0.4 is 5.32 Å². The Kier molecular flexibility index (Phi) is 8.60. The summed E-state index contributed by atoms with van der Waals surface area (Å²) in [5.41, 5.74) is 4.50. The van der Waals surface area contributed by atoms with Gasteiger partial charge in [-0.3, -0.25) is 0 Å². The molecule has 2 saturated carbocycles. The first-order valence-electron chi connectivity index (χ1n) is 12.5. The number of aliphatic hydroxyl groups excluding tert-OH is 1. The smallest absolute Gasteiger partial charge is 0.0464 e. The van der Waals surface area contributed by atoms with Crippen LogP contribution in [-0.2, 0) is 6.54 Å². The topological polar surface area (TPSA) is 32.3 Å². The third-order valence-corrected chi connectivity index (χ3v) is 8.72. The minimum Gasteiger partial charge on any atom is -0.396 e. The summed E-state index contributed by atoms with van der Waals surface area (Å²) in [6.45, 7) is 14.0. The predicted octanol–water partition coefficient (Wildman–Crippen LogP) is 6.66. The average molecular weight is 412 g/mol. The first-order valence-corrected chi connectivity index (χ1v) is 12.5. The summed E-state index contributed by atoms with van der Waals surface area (Å²) in [6.07, 6.45) is 11.3. The van der Waals surface area contributed by atoms with Crippen LogP contribution in [0.1, 0.15) is 82.8 Å². The Bertz CT molecular complexity index is 683. The Morgan fingerprint density at radius 3 is 2.67 bits per heavy atom. The lowest BCUT2D eigenvalue weighted by atomic mass is 9.55. The van der Waals surface area contributed by atoms with Crippen molar-refractivity contribution in [1.29, 1.82) is 0 Å². The van der Waals surface area contributed by atoms with E-state index in [1.165, 1.54) is 74.5 Å². The van der Waals surface area contributed by atoms with Crippen LogP contribution in [0.5, 0.6) is 0 Å². The molecular formula is C28H45NO. The van der Waals surface area contributed by atoms with Crippen LogP contribution in [0.25, 0.3) is 0 Å². The molecule has 2 aliphatic carbocycles. The van der Waals surface area contributed by atoms with Crippen molar-refractivity contribution < 1.29 is 5.11 Å². The molecule has 0 aromatic heterocycles. The molecule has 1 aromatic rings. The van der Waals surface area contributed by atoms with E-state index in [4.69, 9.17) is 0 Å². The third-order valence-electron chi connectivity index (χ3n) is 8.72. The van der Waals surface area contributed by atoms with Crippen molar-refractivity contribution in [2.45, 2.75) is 85.1 Å². The summed E-state index contributed by atoms with van der Waals surface area (Å²) >= 11 is 0. The lowest BCUT2D eigenvalue weighted by Gasteiger charge is -2.51. The van der Waals surface area contributed by atoms with Crippen LogP contribution in [0.2, 0.25) is 0 Å². The Morgan fingerprint density at radius 2 is 1.90 bits per heavy atom. The summed E-state index contributed by atoms with van der Waals surface area (Å²) < 4.78 is 0. The van der Waals surface area contributed by atoms with Gasteiger partial charge in [0.2, 0.25) is 0 Å². The molecule has 168 valence electrons. The Labute approximate surface area is 185 Å². The van der Waals surface area contributed by atoms with Gasteiger partial charge in [0.25, 0.3) is 0 Å². The van der Waals surface area contributed by atoms with E-state index in [0.717, 1.165) is 13.1 Å². The van der Waals surface area contributed by atoms with Crippen molar-refractivity contribution in [3.63, 3.8) is 0 Å². The van der Waals surface area contributed by atoms with Crippen LogP contribution in [-0.4, -0.2) is 18.3 Å². The van der Waals surface area contributed by atoms with Crippen molar-refractivity contribution in [3.05, 3.63) is 47.5 Å². The average Bonchev–Trinajstić information content (AvgIpc) is 2.80. The fourth-order valence-electron chi connectivity index (χ4n) is 6.52. The van der Waals surface area contributed by atoms with E-state index in [0.29, 0.717) is 30.3 Å². The van der Waals surface area contributed by atoms with Crippen LogP contribution in [0, 0.1) is 36.0 Å². The zero-order chi connectivity index (χ0) is 21.6. The highest BCUT2D eigenvalue weighted by Gasteiger charge is 2.46. The quantitative estimate of drug-likeness (QED) is 0.513. The van der Waals surface area contributed by atoms with Crippen LogP contribution >= 0.6 is 0 Å². The lowest BCUT2D eigenvalue weighted by molar-refractivity contribution is -0.0330. The largest absolute Gasteiger partial charge is 0.396 e. The minimum atomic E-state index is 0.266. The molecule has 0 heterocycles. The fraction of sp³-hybridized carbons (Fsp3) is 0.714. The number of aryl methyl sites for hydroxylation is 1. The molecule has 30 heavy (non-hydrogen) atoms. The van der Waals surface area contributed by atoms with E-state index >= 15 is 0 Å². The highest BCUT2D eigenvalue weighted by atomic mass is 16.3. The van der Waals surface area contributed by atoms with E-state index in [1.807, 2.05) is 0 Å². The Balaban J connectivity index is 1.80. The van der Waals surface area contributed by atoms with Crippen LogP contribution in [0.15, 0.2) is 36.4 Å². The van der Waals surface area contributed by atoms with Gasteiger partial charge in [-0.05, 0) is 98.6 Å². The monoisotopic (exact) mass is 411 g/mol. The molecule has 0 radical (unpaired) electrons. The van der Waals surface area contributed by atoms with Gasteiger partial charge in [-0.2, -0.15) is 0 Å². The van der Waals surface area contributed by atoms with Crippen molar-refractivity contribution in [2.24, 2.45) is 29.1 Å². The Morgan fingerprint density at radius 1 is 1.10 bits per heavy atom. The van der Waals surface area contributed by atoms with Gasteiger partial charge in [0, 0.05) is 13.2 Å². The lowest BCUT2D eigenvalue weighted by Crippen LogP contribution is -2.46. The molecule has 5 unspecified atom stereocenters. The van der Waals surface area contributed by atoms with E-state index in [-0.39, 0.29) is 5.41 Å². The van der Waals surface area contributed by atoms with Gasteiger partial charge in [-0.15, -0.1) is 0 Å². The maximum absolute atomic E-state index is 10.3. The summed E-state index contributed by atoms with van der Waals surface area (Å²) in [5.74, 6) is 2.50. The fourth-order valence-corrected chi connectivity index (χ4v) is 6.52. The predicted molar refractivity (Wildman–Crippen MR) is 128 cm³/mol. The number of rotatable bonds is 6.